The Morgan fingerprint density at radius 2 is 1.94 bits per heavy atom. The summed E-state index contributed by atoms with van der Waals surface area (Å²) in [6.07, 6.45) is 0.934. The zero-order chi connectivity index (χ0) is 12.9. The van der Waals surface area contributed by atoms with E-state index in [1.165, 1.54) is 0 Å². The molecule has 0 unspecified atom stereocenters. The van der Waals surface area contributed by atoms with E-state index >= 15 is 0 Å². The number of hydrogen-bond acceptors (Lipinski definition) is 3. The van der Waals surface area contributed by atoms with Crippen LogP contribution in [0, 0.1) is 5.41 Å². The first kappa shape index (κ1) is 13.2. The number of rotatable bonds is 5. The summed E-state index contributed by atoms with van der Waals surface area (Å²) >= 11 is 0. The van der Waals surface area contributed by atoms with E-state index in [0.29, 0.717) is 18.4 Å². The molecule has 1 aromatic carbocycles. The van der Waals surface area contributed by atoms with Crippen LogP contribution in [0.3, 0.4) is 0 Å². The van der Waals surface area contributed by atoms with Crippen LogP contribution in [0.4, 0.5) is 0 Å². The minimum Gasteiger partial charge on any atom is -0.409 e. The molecule has 0 aliphatic rings. The summed E-state index contributed by atoms with van der Waals surface area (Å²) < 4.78 is 0. The first-order valence-electron chi connectivity index (χ1n) is 5.53. The summed E-state index contributed by atoms with van der Waals surface area (Å²) in [6, 6.07) is 9.12. The first-order valence-corrected chi connectivity index (χ1v) is 5.53. The second kappa shape index (κ2) is 5.48. The molecule has 0 aromatic heterocycles. The van der Waals surface area contributed by atoms with E-state index in [1.54, 1.807) is 12.1 Å². The maximum absolute atomic E-state index is 11.9. The zero-order valence-corrected chi connectivity index (χ0v) is 10.2. The highest BCUT2D eigenvalue weighted by Crippen LogP contribution is 2.23. The number of benzene rings is 1. The Balaban J connectivity index is 2.61. The molecule has 0 saturated heterocycles. The van der Waals surface area contributed by atoms with E-state index in [2.05, 4.69) is 5.16 Å². The number of Topliss-reactive ketones (excluding diaryl/α,β-unsaturated/α-hetero) is 1. The lowest BCUT2D eigenvalue weighted by atomic mass is 9.85. The molecule has 0 fully saturated rings. The van der Waals surface area contributed by atoms with Crippen molar-refractivity contribution in [2.24, 2.45) is 16.3 Å². The predicted molar refractivity (Wildman–Crippen MR) is 67.2 cm³/mol. The lowest BCUT2D eigenvalue weighted by Gasteiger charge is -2.22. The average Bonchev–Trinajstić information content (AvgIpc) is 2.36. The molecule has 17 heavy (non-hydrogen) atoms. The van der Waals surface area contributed by atoms with Gasteiger partial charge >= 0.3 is 0 Å². The molecular formula is C13H18N2O2. The number of carbonyl (C=O) groups excluding carboxylic acids is 1. The van der Waals surface area contributed by atoms with Crippen molar-refractivity contribution in [3.8, 4) is 0 Å². The topological polar surface area (TPSA) is 75.7 Å². The number of oxime groups is 1. The first-order chi connectivity index (χ1) is 7.97. The molecule has 0 aliphatic carbocycles. The molecule has 0 amide bonds. The molecule has 0 atom stereocenters. The Bertz CT molecular complexity index is 411. The van der Waals surface area contributed by atoms with Crippen LogP contribution in [0.1, 0.15) is 37.0 Å². The quantitative estimate of drug-likeness (QED) is 0.270. The largest absolute Gasteiger partial charge is 0.409 e. The molecule has 92 valence electrons. The molecule has 4 heteroatoms. The molecule has 3 N–H and O–H groups in total. The number of nitrogens with two attached hydrogens (primary N) is 1. The summed E-state index contributed by atoms with van der Waals surface area (Å²) in [6.45, 7) is 3.70. The molecule has 0 heterocycles. The van der Waals surface area contributed by atoms with Crippen molar-refractivity contribution in [1.82, 2.24) is 0 Å². The molecule has 0 aliphatic heterocycles. The second-order valence-corrected chi connectivity index (χ2v) is 4.66. The maximum atomic E-state index is 11.9. The summed E-state index contributed by atoms with van der Waals surface area (Å²) in [7, 11) is 0. The summed E-state index contributed by atoms with van der Waals surface area (Å²) in [4.78, 5) is 11.9. The van der Waals surface area contributed by atoms with E-state index in [9.17, 15) is 4.79 Å². The molecule has 0 radical (unpaired) electrons. The standard InChI is InChI=1S/C13H18N2O2/c1-13(2,12(14)15-17)9-8-11(16)10-6-4-3-5-7-10/h3-7,17H,8-9H2,1-2H3,(H2,14,15). The van der Waals surface area contributed by atoms with Crippen molar-refractivity contribution < 1.29 is 10.0 Å². The van der Waals surface area contributed by atoms with Crippen LogP contribution >= 0.6 is 0 Å². The lowest BCUT2D eigenvalue weighted by Crippen LogP contribution is -2.32. The van der Waals surface area contributed by atoms with Gasteiger partial charge < -0.3 is 10.9 Å². The molecule has 4 nitrogen and oxygen atoms in total. The van der Waals surface area contributed by atoms with Crippen molar-refractivity contribution in [3.05, 3.63) is 35.9 Å². The van der Waals surface area contributed by atoms with Gasteiger partial charge in [0.05, 0.1) is 0 Å². The minimum atomic E-state index is -0.473. The molecule has 0 spiro atoms. The maximum Gasteiger partial charge on any atom is 0.162 e. The van der Waals surface area contributed by atoms with Crippen molar-refractivity contribution >= 4 is 11.6 Å². The molecular weight excluding hydrogens is 216 g/mol. The Labute approximate surface area is 101 Å². The lowest BCUT2D eigenvalue weighted by molar-refractivity contribution is 0.0971. The van der Waals surface area contributed by atoms with Crippen LogP contribution in [0.5, 0.6) is 0 Å². The zero-order valence-electron chi connectivity index (χ0n) is 10.2. The monoisotopic (exact) mass is 234 g/mol. The third-order valence-electron chi connectivity index (χ3n) is 2.87. The summed E-state index contributed by atoms with van der Waals surface area (Å²) in [5.41, 5.74) is 5.79. The van der Waals surface area contributed by atoms with E-state index in [4.69, 9.17) is 10.9 Å². The van der Waals surface area contributed by atoms with Crippen molar-refractivity contribution in [1.29, 1.82) is 0 Å². The van der Waals surface area contributed by atoms with Crippen LogP contribution in [0.2, 0.25) is 0 Å². The van der Waals surface area contributed by atoms with Gasteiger partial charge in [0.1, 0.15) is 5.84 Å². The van der Waals surface area contributed by atoms with Gasteiger partial charge in [-0.2, -0.15) is 0 Å². The third-order valence-corrected chi connectivity index (χ3v) is 2.87. The molecule has 0 bridgehead atoms. The fourth-order valence-electron chi connectivity index (χ4n) is 1.46. The highest BCUT2D eigenvalue weighted by molar-refractivity contribution is 5.96. The van der Waals surface area contributed by atoms with Gasteiger partial charge in [0.2, 0.25) is 0 Å². The summed E-state index contributed by atoms with van der Waals surface area (Å²) in [5.74, 6) is 0.225. The van der Waals surface area contributed by atoms with Crippen molar-refractivity contribution in [2.45, 2.75) is 26.7 Å². The van der Waals surface area contributed by atoms with E-state index < -0.39 is 5.41 Å². The highest BCUT2D eigenvalue weighted by Gasteiger charge is 2.24. The average molecular weight is 234 g/mol. The molecule has 1 aromatic rings. The van der Waals surface area contributed by atoms with Gasteiger partial charge in [0, 0.05) is 17.4 Å². The van der Waals surface area contributed by atoms with Gasteiger partial charge in [-0.1, -0.05) is 49.3 Å². The van der Waals surface area contributed by atoms with Gasteiger partial charge in [0.25, 0.3) is 0 Å². The van der Waals surface area contributed by atoms with Crippen molar-refractivity contribution in [2.75, 3.05) is 0 Å². The summed E-state index contributed by atoms with van der Waals surface area (Å²) in [5, 5.41) is 11.6. The normalized spacial score (nSPS) is 12.5. The Morgan fingerprint density at radius 1 is 1.35 bits per heavy atom. The number of ketones is 1. The van der Waals surface area contributed by atoms with E-state index in [1.807, 2.05) is 32.0 Å². The fourth-order valence-corrected chi connectivity index (χ4v) is 1.46. The smallest absolute Gasteiger partial charge is 0.162 e. The van der Waals surface area contributed by atoms with Crippen LogP contribution in [0.25, 0.3) is 0 Å². The van der Waals surface area contributed by atoms with Gasteiger partial charge in [-0.15, -0.1) is 0 Å². The van der Waals surface area contributed by atoms with Gasteiger partial charge in [-0.25, -0.2) is 0 Å². The van der Waals surface area contributed by atoms with Crippen LogP contribution < -0.4 is 5.73 Å². The Hall–Kier alpha value is -1.84. The molecule has 0 saturated carbocycles. The number of hydrogen-bond donors (Lipinski definition) is 2. The Morgan fingerprint density at radius 3 is 2.47 bits per heavy atom. The highest BCUT2D eigenvalue weighted by atomic mass is 16.4. The minimum absolute atomic E-state index is 0.0735. The van der Waals surface area contributed by atoms with Gasteiger partial charge in [-0.05, 0) is 6.42 Å². The SMILES string of the molecule is CC(C)(CCC(=O)c1ccccc1)/C(N)=N/O. The number of nitrogens with zero attached hydrogens (tertiary/aromatic N) is 1. The second-order valence-electron chi connectivity index (χ2n) is 4.66. The molecule has 1 rings (SSSR count). The third kappa shape index (κ3) is 3.59. The van der Waals surface area contributed by atoms with Crippen LogP contribution in [-0.2, 0) is 0 Å². The van der Waals surface area contributed by atoms with Crippen molar-refractivity contribution in [3.63, 3.8) is 0 Å². The number of amidine groups is 1. The van der Waals surface area contributed by atoms with Crippen LogP contribution in [0.15, 0.2) is 35.5 Å². The fraction of sp³-hybridized carbons (Fsp3) is 0.385. The van der Waals surface area contributed by atoms with E-state index in [-0.39, 0.29) is 11.6 Å². The van der Waals surface area contributed by atoms with E-state index in [0.717, 1.165) is 0 Å². The van der Waals surface area contributed by atoms with Crippen LogP contribution in [-0.4, -0.2) is 16.8 Å². The predicted octanol–water partition coefficient (Wildman–Crippen LogP) is 2.42. The Kier molecular flexibility index (Phi) is 4.26. The van der Waals surface area contributed by atoms with Gasteiger partial charge in [0.15, 0.2) is 5.78 Å². The number of carbonyl (C=O) groups is 1. The van der Waals surface area contributed by atoms with Gasteiger partial charge in [-0.3, -0.25) is 4.79 Å².